The molecular formula is C17H28NO6+. The van der Waals surface area contributed by atoms with Gasteiger partial charge < -0.3 is 19.4 Å². The number of carboxylic acids is 2. The molecule has 0 aliphatic rings. The second kappa shape index (κ2) is 11.4. The van der Waals surface area contributed by atoms with Crippen molar-refractivity contribution in [3.8, 4) is 0 Å². The number of carbonyl (C=O) groups is 3. The summed E-state index contributed by atoms with van der Waals surface area (Å²) < 4.78 is 5.77. The summed E-state index contributed by atoms with van der Waals surface area (Å²) in [5.74, 6) is -2.37. The van der Waals surface area contributed by atoms with Gasteiger partial charge in [-0.05, 0) is 19.3 Å². The third-order valence-corrected chi connectivity index (χ3v) is 2.89. The third kappa shape index (κ3) is 14.8. The summed E-state index contributed by atoms with van der Waals surface area (Å²) in [6.45, 7) is 0.434. The number of hydrogen-bond donors (Lipinski definition) is 2. The van der Waals surface area contributed by atoms with Gasteiger partial charge in [0.1, 0.15) is 6.54 Å². The smallest absolute Gasteiger partial charge is 0.327 e. The van der Waals surface area contributed by atoms with E-state index in [0.717, 1.165) is 6.08 Å². The number of quaternary nitrogens is 1. The average Bonchev–Trinajstić information content (AvgIpc) is 2.38. The largest absolute Gasteiger partial charge is 0.481 e. The lowest BCUT2D eigenvalue weighted by molar-refractivity contribution is -0.873. The van der Waals surface area contributed by atoms with Gasteiger partial charge in [0.15, 0.2) is 6.10 Å². The van der Waals surface area contributed by atoms with Gasteiger partial charge in [-0.15, -0.1) is 0 Å². The zero-order chi connectivity index (χ0) is 18.6. The fraction of sp³-hybridized carbons (Fsp3) is 0.588. The van der Waals surface area contributed by atoms with Crippen LogP contribution < -0.4 is 0 Å². The first-order chi connectivity index (χ1) is 11.1. The van der Waals surface area contributed by atoms with Crippen LogP contribution in [0, 0.1) is 0 Å². The Morgan fingerprint density at radius 3 is 2.12 bits per heavy atom. The number of carboxylic acid groups (broad SMARTS) is 2. The van der Waals surface area contributed by atoms with Crippen LogP contribution in [0.4, 0.5) is 0 Å². The van der Waals surface area contributed by atoms with Crippen LogP contribution in [0.3, 0.4) is 0 Å². The van der Waals surface area contributed by atoms with E-state index >= 15 is 0 Å². The van der Waals surface area contributed by atoms with Crippen molar-refractivity contribution in [2.75, 3.05) is 27.7 Å². The quantitative estimate of drug-likeness (QED) is 0.184. The van der Waals surface area contributed by atoms with E-state index in [-0.39, 0.29) is 12.8 Å². The Labute approximate surface area is 142 Å². The highest BCUT2D eigenvalue weighted by atomic mass is 16.5. The summed E-state index contributed by atoms with van der Waals surface area (Å²) in [4.78, 5) is 32.9. The van der Waals surface area contributed by atoms with Gasteiger partial charge in [0.05, 0.1) is 27.6 Å². The molecule has 0 amide bonds. The van der Waals surface area contributed by atoms with E-state index in [0.29, 0.717) is 30.3 Å². The van der Waals surface area contributed by atoms with Crippen LogP contribution >= 0.6 is 0 Å². The van der Waals surface area contributed by atoms with Crippen molar-refractivity contribution in [3.63, 3.8) is 0 Å². The molecule has 0 aromatic rings. The Morgan fingerprint density at radius 1 is 1.00 bits per heavy atom. The molecule has 0 bridgehead atoms. The zero-order valence-corrected chi connectivity index (χ0v) is 14.6. The van der Waals surface area contributed by atoms with Gasteiger partial charge in [-0.2, -0.15) is 0 Å². The second-order valence-electron chi connectivity index (χ2n) is 6.51. The maximum atomic E-state index is 11.8. The van der Waals surface area contributed by atoms with Crippen molar-refractivity contribution < 1.29 is 33.8 Å². The molecule has 0 saturated carbocycles. The number of esters is 1. The Balaban J connectivity index is 4.11. The van der Waals surface area contributed by atoms with Crippen LogP contribution in [0.2, 0.25) is 0 Å². The minimum atomic E-state index is -0.990. The van der Waals surface area contributed by atoms with Gasteiger partial charge in [-0.3, -0.25) is 9.59 Å². The number of rotatable bonds is 12. The molecule has 1 atom stereocenters. The van der Waals surface area contributed by atoms with Gasteiger partial charge in [0, 0.05) is 12.5 Å². The lowest BCUT2D eigenvalue weighted by Gasteiger charge is -2.28. The fourth-order valence-corrected chi connectivity index (χ4v) is 2.01. The first kappa shape index (κ1) is 21.9. The molecule has 0 fully saturated rings. The van der Waals surface area contributed by atoms with Crippen molar-refractivity contribution in [1.29, 1.82) is 0 Å². The molecule has 24 heavy (non-hydrogen) atoms. The molecule has 136 valence electrons. The molecule has 0 rings (SSSR count). The molecular weight excluding hydrogens is 314 g/mol. The summed E-state index contributed by atoms with van der Waals surface area (Å²) >= 11 is 0. The molecule has 7 heteroatoms. The van der Waals surface area contributed by atoms with E-state index < -0.39 is 24.0 Å². The molecule has 0 aromatic heterocycles. The minimum absolute atomic E-state index is 0.189. The summed E-state index contributed by atoms with van der Waals surface area (Å²) in [6.07, 6.45) is 7.55. The van der Waals surface area contributed by atoms with E-state index in [9.17, 15) is 14.4 Å². The normalized spacial score (nSPS) is 13.3. The summed E-state index contributed by atoms with van der Waals surface area (Å²) in [5.41, 5.74) is 0. The zero-order valence-electron chi connectivity index (χ0n) is 14.6. The van der Waals surface area contributed by atoms with Crippen LogP contribution in [0.1, 0.15) is 32.1 Å². The molecule has 0 aliphatic heterocycles. The molecule has 0 aliphatic carbocycles. The predicted octanol–water partition coefficient (Wildman–Crippen LogP) is 1.84. The average molecular weight is 342 g/mol. The Morgan fingerprint density at radius 2 is 1.58 bits per heavy atom. The van der Waals surface area contributed by atoms with Gasteiger partial charge in [-0.25, -0.2) is 4.79 Å². The second-order valence-corrected chi connectivity index (χ2v) is 6.51. The molecule has 1 unspecified atom stereocenters. The Hall–Kier alpha value is -2.15. The van der Waals surface area contributed by atoms with Gasteiger partial charge in [-0.1, -0.05) is 18.2 Å². The molecule has 7 nitrogen and oxygen atoms in total. The van der Waals surface area contributed by atoms with Crippen LogP contribution in [0.15, 0.2) is 24.3 Å². The number of carbonyl (C=O) groups excluding carboxylic acids is 1. The first-order valence-corrected chi connectivity index (χ1v) is 7.86. The first-order valence-electron chi connectivity index (χ1n) is 7.86. The molecule has 0 aromatic carbocycles. The SMILES string of the molecule is C[N+](C)(C)CC(CC(=O)O)OC(=O)CC/C=C/CC/C=C/C(=O)O. The number of nitrogens with zero attached hydrogens (tertiary/aromatic N) is 1. The molecule has 0 radical (unpaired) electrons. The van der Waals surface area contributed by atoms with Crippen molar-refractivity contribution in [3.05, 3.63) is 24.3 Å². The standard InChI is InChI=1S/C17H27NO6/c1-18(2,3)13-14(12-16(21)22)24-17(23)11-9-7-5-4-6-8-10-15(19)20/h5,7-8,10,14H,4,6,9,11-13H2,1-3H3,(H-,19,20,21,22)/p+1/b7-5+,10-8+. The van der Waals surface area contributed by atoms with E-state index in [4.69, 9.17) is 14.9 Å². The lowest BCUT2D eigenvalue weighted by Crippen LogP contribution is -2.43. The topological polar surface area (TPSA) is 101 Å². The number of likely N-dealkylation sites (N-methyl/N-ethyl adjacent to an activating group) is 1. The Kier molecular flexibility index (Phi) is 10.4. The Bertz CT molecular complexity index is 476. The van der Waals surface area contributed by atoms with Crippen molar-refractivity contribution in [2.24, 2.45) is 0 Å². The van der Waals surface area contributed by atoms with Gasteiger partial charge in [0.25, 0.3) is 0 Å². The fourth-order valence-electron chi connectivity index (χ4n) is 2.01. The molecule has 0 saturated heterocycles. The van der Waals surface area contributed by atoms with Crippen LogP contribution in [-0.4, -0.2) is 66.4 Å². The lowest BCUT2D eigenvalue weighted by atomic mass is 10.2. The number of aliphatic carboxylic acids is 2. The van der Waals surface area contributed by atoms with Crippen LogP contribution in [0.25, 0.3) is 0 Å². The van der Waals surface area contributed by atoms with Crippen LogP contribution in [0.5, 0.6) is 0 Å². The summed E-state index contributed by atoms with van der Waals surface area (Å²) in [7, 11) is 5.72. The van der Waals surface area contributed by atoms with Crippen molar-refractivity contribution >= 4 is 17.9 Å². The predicted molar refractivity (Wildman–Crippen MR) is 89.4 cm³/mol. The molecule has 0 spiro atoms. The number of ether oxygens (including phenoxy) is 1. The van der Waals surface area contributed by atoms with Gasteiger partial charge >= 0.3 is 17.9 Å². The number of hydrogen-bond acceptors (Lipinski definition) is 4. The maximum Gasteiger partial charge on any atom is 0.327 e. The van der Waals surface area contributed by atoms with E-state index in [1.807, 2.05) is 33.3 Å². The van der Waals surface area contributed by atoms with Crippen molar-refractivity contribution in [2.45, 2.75) is 38.2 Å². The molecule has 0 heterocycles. The number of allylic oxidation sites excluding steroid dienone is 3. The minimum Gasteiger partial charge on any atom is -0.481 e. The maximum absolute atomic E-state index is 11.8. The van der Waals surface area contributed by atoms with Crippen LogP contribution in [-0.2, 0) is 19.1 Å². The van der Waals surface area contributed by atoms with Crippen molar-refractivity contribution in [1.82, 2.24) is 0 Å². The third-order valence-electron chi connectivity index (χ3n) is 2.89. The summed E-state index contributed by atoms with van der Waals surface area (Å²) in [5, 5.41) is 17.3. The van der Waals surface area contributed by atoms with E-state index in [2.05, 4.69) is 0 Å². The highest BCUT2D eigenvalue weighted by Crippen LogP contribution is 2.08. The monoisotopic (exact) mass is 342 g/mol. The van der Waals surface area contributed by atoms with Gasteiger partial charge in [0.2, 0.25) is 0 Å². The molecule has 2 N–H and O–H groups in total. The van der Waals surface area contributed by atoms with E-state index in [1.165, 1.54) is 0 Å². The highest BCUT2D eigenvalue weighted by molar-refractivity contribution is 5.79. The van der Waals surface area contributed by atoms with E-state index in [1.54, 1.807) is 6.08 Å². The number of unbranched alkanes of at least 4 members (excludes halogenated alkanes) is 1. The summed E-state index contributed by atoms with van der Waals surface area (Å²) in [6, 6.07) is 0. The highest BCUT2D eigenvalue weighted by Gasteiger charge is 2.24.